The first-order chi connectivity index (χ1) is 12.9. The van der Waals surface area contributed by atoms with Gasteiger partial charge in [0.2, 0.25) is 0 Å². The zero-order chi connectivity index (χ0) is 22.3. The Labute approximate surface area is 160 Å². The Kier molecular flexibility index (Phi) is 14.7. The van der Waals surface area contributed by atoms with Crippen LogP contribution in [0.3, 0.4) is 0 Å². The van der Waals surface area contributed by atoms with Gasteiger partial charge >= 0.3 is 23.9 Å². The van der Waals surface area contributed by atoms with Gasteiger partial charge in [-0.25, -0.2) is 0 Å². The molecule has 14 nitrogen and oxygen atoms in total. The van der Waals surface area contributed by atoms with Crippen LogP contribution in [0.2, 0.25) is 0 Å². The second-order valence-electron chi connectivity index (χ2n) is 5.54. The number of rotatable bonds is 12. The van der Waals surface area contributed by atoms with Gasteiger partial charge in [-0.15, -0.1) is 0 Å². The van der Waals surface area contributed by atoms with E-state index in [4.69, 9.17) is 43.7 Å². The molecule has 3 unspecified atom stereocenters. The zero-order valence-corrected chi connectivity index (χ0v) is 15.2. The number of nitrogens with two attached hydrogens (primary N) is 4. The number of guanidine groups is 1. The fourth-order valence-corrected chi connectivity index (χ4v) is 1.42. The van der Waals surface area contributed by atoms with E-state index >= 15 is 0 Å². The number of carbonyl (C=O) groups excluding carboxylic acids is 1. The van der Waals surface area contributed by atoms with Crippen molar-refractivity contribution in [1.29, 1.82) is 5.41 Å². The van der Waals surface area contributed by atoms with Gasteiger partial charge in [0.15, 0.2) is 5.96 Å². The molecule has 0 amide bonds. The summed E-state index contributed by atoms with van der Waals surface area (Å²) >= 11 is 0. The second-order valence-corrected chi connectivity index (χ2v) is 5.54. The fourth-order valence-electron chi connectivity index (χ4n) is 1.42. The number of hydrogen-bond donors (Lipinski definition) is 9. The molecule has 0 heterocycles. The van der Waals surface area contributed by atoms with Gasteiger partial charge in [0.05, 0.1) is 0 Å². The topological polar surface area (TPSA) is 278 Å². The van der Waals surface area contributed by atoms with Crippen LogP contribution in [0.25, 0.3) is 0 Å². The highest BCUT2D eigenvalue weighted by Crippen LogP contribution is 1.98. The van der Waals surface area contributed by atoms with Crippen LogP contribution >= 0.6 is 0 Å². The molecule has 0 aliphatic rings. The average Bonchev–Trinajstić information content (AvgIpc) is 2.60. The third-order valence-electron chi connectivity index (χ3n) is 3.02. The van der Waals surface area contributed by atoms with Crippen molar-refractivity contribution in [2.45, 2.75) is 43.8 Å². The maximum atomic E-state index is 11.1. The lowest BCUT2D eigenvalue weighted by Gasteiger charge is -2.12. The van der Waals surface area contributed by atoms with Crippen LogP contribution in [0.4, 0.5) is 0 Å². The summed E-state index contributed by atoms with van der Waals surface area (Å²) in [6.45, 7) is -0.00868. The first-order valence-corrected chi connectivity index (χ1v) is 8.07. The number of esters is 1. The maximum Gasteiger partial charge on any atom is 0.324 e. The van der Waals surface area contributed by atoms with Crippen LogP contribution in [0.5, 0.6) is 0 Å². The third-order valence-corrected chi connectivity index (χ3v) is 3.02. The number of nitrogens with one attached hydrogen (secondary N) is 2. The summed E-state index contributed by atoms with van der Waals surface area (Å²) in [6, 6.07) is -3.22. The molecular formula is C14H28N6O8. The van der Waals surface area contributed by atoms with Crippen LogP contribution < -0.4 is 28.3 Å². The quantitative estimate of drug-likeness (QED) is 0.0666. The van der Waals surface area contributed by atoms with Crippen LogP contribution in [0.1, 0.15) is 25.7 Å². The molecule has 0 radical (unpaired) electrons. The van der Waals surface area contributed by atoms with Crippen molar-refractivity contribution in [3.63, 3.8) is 0 Å². The molecule has 0 aromatic heterocycles. The molecule has 0 aromatic rings. The van der Waals surface area contributed by atoms with Crippen molar-refractivity contribution in [1.82, 2.24) is 5.32 Å². The van der Waals surface area contributed by atoms with Crippen molar-refractivity contribution in [3.05, 3.63) is 0 Å². The van der Waals surface area contributed by atoms with Crippen molar-refractivity contribution >= 4 is 29.8 Å². The van der Waals surface area contributed by atoms with Crippen LogP contribution in [-0.2, 0) is 23.9 Å². The standard InChI is InChI=1S/C8H14N2O6.C6H14N4O2/c9-4(1-2-6(11)12)8(15)16-3-5(10)7(13)14;7-4(5(11)12)2-1-3-10-6(8)9/h4-5H,1-3,9-10H2,(H,11,12)(H,13,14);4H,1-3,7H2,(H,11,12)(H4,8,9,10). The minimum absolute atomic E-state index is 0.0729. The van der Waals surface area contributed by atoms with E-state index in [9.17, 15) is 19.2 Å². The highest BCUT2D eigenvalue weighted by molar-refractivity contribution is 5.78. The minimum atomic E-state index is -1.31. The van der Waals surface area contributed by atoms with E-state index in [2.05, 4.69) is 10.1 Å². The normalized spacial score (nSPS) is 13.1. The van der Waals surface area contributed by atoms with Crippen molar-refractivity contribution < 1.29 is 39.2 Å². The lowest BCUT2D eigenvalue weighted by Crippen LogP contribution is -2.39. The average molecular weight is 408 g/mol. The van der Waals surface area contributed by atoms with Gasteiger partial charge in [-0.3, -0.25) is 24.6 Å². The molecular weight excluding hydrogens is 380 g/mol. The van der Waals surface area contributed by atoms with E-state index in [-0.39, 0.29) is 18.8 Å². The largest absolute Gasteiger partial charge is 0.481 e. The van der Waals surface area contributed by atoms with E-state index in [1.807, 2.05) is 0 Å². The number of hydrogen-bond acceptors (Lipinski definition) is 9. The predicted molar refractivity (Wildman–Crippen MR) is 96.2 cm³/mol. The SMILES string of the molecule is N=C(N)NCCCC(N)C(=O)O.NC(COC(=O)C(N)CCC(=O)O)C(=O)O. The molecule has 0 aliphatic carbocycles. The maximum absolute atomic E-state index is 11.1. The molecule has 28 heavy (non-hydrogen) atoms. The van der Waals surface area contributed by atoms with Crippen LogP contribution in [0.15, 0.2) is 0 Å². The predicted octanol–water partition coefficient (Wildman–Crippen LogP) is -3.20. The summed E-state index contributed by atoms with van der Waals surface area (Å²) < 4.78 is 4.50. The molecule has 0 fully saturated rings. The summed E-state index contributed by atoms with van der Waals surface area (Å²) in [5.41, 5.74) is 20.6. The Bertz CT molecular complexity index is 544. The molecule has 0 aliphatic heterocycles. The monoisotopic (exact) mass is 408 g/mol. The highest BCUT2D eigenvalue weighted by atomic mass is 16.5. The Balaban J connectivity index is 0. The molecule has 0 saturated heterocycles. The van der Waals surface area contributed by atoms with Gasteiger partial charge in [-0.1, -0.05) is 0 Å². The highest BCUT2D eigenvalue weighted by Gasteiger charge is 2.19. The summed E-state index contributed by atoms with van der Waals surface area (Å²) in [7, 11) is 0. The molecule has 0 rings (SSSR count). The Morgan fingerprint density at radius 2 is 1.46 bits per heavy atom. The molecule has 14 heteroatoms. The molecule has 162 valence electrons. The van der Waals surface area contributed by atoms with Gasteiger partial charge in [-0.2, -0.15) is 0 Å². The number of ether oxygens (including phenoxy) is 1. The number of carboxylic acid groups (broad SMARTS) is 3. The molecule has 3 atom stereocenters. The molecule has 0 aromatic carbocycles. The zero-order valence-electron chi connectivity index (χ0n) is 15.2. The Morgan fingerprint density at radius 1 is 0.929 bits per heavy atom. The summed E-state index contributed by atoms with van der Waals surface area (Å²) in [6.07, 6.45) is 0.639. The number of aliphatic carboxylic acids is 3. The van der Waals surface area contributed by atoms with Gasteiger partial charge in [-0.05, 0) is 19.3 Å². The summed E-state index contributed by atoms with van der Waals surface area (Å²) in [5.74, 6) is -4.35. The van der Waals surface area contributed by atoms with E-state index in [1.165, 1.54) is 0 Å². The first-order valence-electron chi connectivity index (χ1n) is 8.07. The summed E-state index contributed by atoms with van der Waals surface area (Å²) in [4.78, 5) is 41.8. The number of carbonyl (C=O) groups is 4. The van der Waals surface area contributed by atoms with Gasteiger partial charge in [0.25, 0.3) is 0 Å². The lowest BCUT2D eigenvalue weighted by molar-refractivity contribution is -0.149. The van der Waals surface area contributed by atoms with Crippen LogP contribution in [-0.4, -0.2) is 76.4 Å². The third kappa shape index (κ3) is 16.5. The van der Waals surface area contributed by atoms with Gasteiger partial charge in [0.1, 0.15) is 24.7 Å². The minimum Gasteiger partial charge on any atom is -0.481 e. The summed E-state index contributed by atoms with van der Waals surface area (Å²) in [5, 5.41) is 34.4. The van der Waals surface area contributed by atoms with Crippen molar-refractivity contribution in [2.24, 2.45) is 22.9 Å². The first kappa shape index (κ1) is 27.3. The van der Waals surface area contributed by atoms with Gasteiger partial charge in [0, 0.05) is 13.0 Å². The van der Waals surface area contributed by atoms with E-state index < -0.39 is 48.6 Å². The fraction of sp³-hybridized carbons (Fsp3) is 0.643. The molecule has 0 spiro atoms. The van der Waals surface area contributed by atoms with E-state index in [0.29, 0.717) is 19.4 Å². The molecule has 0 saturated carbocycles. The Hall–Kier alpha value is -2.97. The smallest absolute Gasteiger partial charge is 0.324 e. The van der Waals surface area contributed by atoms with E-state index in [0.717, 1.165) is 0 Å². The van der Waals surface area contributed by atoms with E-state index in [1.54, 1.807) is 0 Å². The number of carboxylic acids is 3. The second kappa shape index (κ2) is 15.1. The Morgan fingerprint density at radius 3 is 1.89 bits per heavy atom. The lowest BCUT2D eigenvalue weighted by atomic mass is 10.2. The van der Waals surface area contributed by atoms with Crippen LogP contribution in [0, 0.1) is 5.41 Å². The van der Waals surface area contributed by atoms with Crippen molar-refractivity contribution in [2.75, 3.05) is 13.2 Å². The molecule has 13 N–H and O–H groups in total. The van der Waals surface area contributed by atoms with Gasteiger partial charge < -0.3 is 48.3 Å². The molecule has 0 bridgehead atoms. The van der Waals surface area contributed by atoms with Crippen molar-refractivity contribution in [3.8, 4) is 0 Å².